The molecule has 2 rings (SSSR count). The number of rotatable bonds is 8. The van der Waals surface area contributed by atoms with Gasteiger partial charge in [0.15, 0.2) is 0 Å². The average molecular weight is 401 g/mol. The minimum absolute atomic E-state index is 0.191. The zero-order valence-corrected chi connectivity index (χ0v) is 17.4. The number of ether oxygens (including phenoxy) is 2. The van der Waals surface area contributed by atoms with Crippen molar-refractivity contribution in [3.05, 3.63) is 65.5 Å². The molecular weight excluding hydrogens is 373 g/mol. The minimum Gasteiger partial charge on any atom is -0.488 e. The predicted octanol–water partition coefficient (Wildman–Crippen LogP) is 4.60. The third-order valence-corrected chi connectivity index (χ3v) is 4.07. The van der Waals surface area contributed by atoms with Crippen molar-refractivity contribution < 1.29 is 23.5 Å². The number of esters is 1. The van der Waals surface area contributed by atoms with E-state index < -0.39 is 5.60 Å². The van der Waals surface area contributed by atoms with E-state index in [1.54, 1.807) is 48.3 Å². The molecule has 5 nitrogen and oxygen atoms in total. The number of para-hydroxylation sites is 1. The minimum atomic E-state index is -0.514. The molecule has 0 saturated carbocycles. The normalized spacial score (nSPS) is 11.1. The van der Waals surface area contributed by atoms with Gasteiger partial charge >= 0.3 is 5.97 Å². The third kappa shape index (κ3) is 7.56. The number of nitrogens with zero attached hydrogens (tertiary/aromatic N) is 1. The first-order valence-electron chi connectivity index (χ1n) is 9.59. The number of hydrogen-bond acceptors (Lipinski definition) is 4. The first-order valence-corrected chi connectivity index (χ1v) is 9.59. The van der Waals surface area contributed by atoms with Crippen LogP contribution in [-0.2, 0) is 16.1 Å². The SMILES string of the molecule is CN(CCCC(=O)OC(C)(C)C)C(=O)c1ccccc1OCc1ccc(F)cc1. The van der Waals surface area contributed by atoms with Crippen molar-refractivity contribution in [1.29, 1.82) is 0 Å². The topological polar surface area (TPSA) is 55.8 Å². The Balaban J connectivity index is 1.92. The summed E-state index contributed by atoms with van der Waals surface area (Å²) in [5.74, 6) is -0.316. The maximum atomic E-state index is 13.0. The van der Waals surface area contributed by atoms with Gasteiger partial charge in [0.1, 0.15) is 23.8 Å². The number of carbonyl (C=O) groups is 2. The second-order valence-electron chi connectivity index (χ2n) is 7.83. The molecule has 2 aromatic carbocycles. The van der Waals surface area contributed by atoms with Crippen LogP contribution in [0.5, 0.6) is 5.75 Å². The summed E-state index contributed by atoms with van der Waals surface area (Å²) in [7, 11) is 1.69. The van der Waals surface area contributed by atoms with E-state index in [1.807, 2.05) is 20.8 Å². The molecule has 0 bridgehead atoms. The van der Waals surface area contributed by atoms with Gasteiger partial charge in [-0.25, -0.2) is 4.39 Å². The van der Waals surface area contributed by atoms with Gasteiger partial charge in [-0.05, 0) is 57.0 Å². The van der Waals surface area contributed by atoms with Crippen LogP contribution in [0.15, 0.2) is 48.5 Å². The molecule has 0 N–H and O–H groups in total. The van der Waals surface area contributed by atoms with E-state index in [4.69, 9.17) is 9.47 Å². The predicted molar refractivity (Wildman–Crippen MR) is 109 cm³/mol. The lowest BCUT2D eigenvalue weighted by Crippen LogP contribution is -2.29. The maximum Gasteiger partial charge on any atom is 0.306 e. The highest BCUT2D eigenvalue weighted by Crippen LogP contribution is 2.21. The number of hydrogen-bond donors (Lipinski definition) is 0. The van der Waals surface area contributed by atoms with Gasteiger partial charge in [-0.15, -0.1) is 0 Å². The molecule has 0 aliphatic heterocycles. The Bertz CT molecular complexity index is 828. The highest BCUT2D eigenvalue weighted by Gasteiger charge is 2.19. The first-order chi connectivity index (χ1) is 13.7. The van der Waals surface area contributed by atoms with Crippen LogP contribution in [0.3, 0.4) is 0 Å². The Morgan fingerprint density at radius 2 is 1.69 bits per heavy atom. The Morgan fingerprint density at radius 3 is 2.34 bits per heavy atom. The van der Waals surface area contributed by atoms with Crippen molar-refractivity contribution in [2.75, 3.05) is 13.6 Å². The summed E-state index contributed by atoms with van der Waals surface area (Å²) in [6.45, 7) is 6.12. The molecule has 0 radical (unpaired) electrons. The van der Waals surface area contributed by atoms with E-state index in [0.29, 0.717) is 24.3 Å². The van der Waals surface area contributed by atoms with Crippen LogP contribution < -0.4 is 4.74 Å². The Hall–Kier alpha value is -2.89. The lowest BCUT2D eigenvalue weighted by molar-refractivity contribution is -0.154. The zero-order chi connectivity index (χ0) is 21.4. The summed E-state index contributed by atoms with van der Waals surface area (Å²) < 4.78 is 24.1. The fourth-order valence-electron chi connectivity index (χ4n) is 2.67. The Labute approximate surface area is 171 Å². The quantitative estimate of drug-likeness (QED) is 0.607. The molecule has 0 heterocycles. The average Bonchev–Trinajstić information content (AvgIpc) is 2.65. The van der Waals surface area contributed by atoms with Gasteiger partial charge in [0, 0.05) is 20.0 Å². The summed E-state index contributed by atoms with van der Waals surface area (Å²) in [4.78, 5) is 26.2. The highest BCUT2D eigenvalue weighted by molar-refractivity contribution is 5.96. The number of halogens is 1. The van der Waals surface area contributed by atoms with Crippen molar-refractivity contribution in [3.8, 4) is 5.75 Å². The van der Waals surface area contributed by atoms with Gasteiger partial charge in [-0.3, -0.25) is 9.59 Å². The van der Waals surface area contributed by atoms with Gasteiger partial charge in [0.05, 0.1) is 5.56 Å². The van der Waals surface area contributed by atoms with Gasteiger partial charge in [-0.1, -0.05) is 24.3 Å². The van der Waals surface area contributed by atoms with E-state index in [-0.39, 0.29) is 30.7 Å². The second kappa shape index (κ2) is 10.0. The van der Waals surface area contributed by atoms with Crippen LogP contribution in [0, 0.1) is 5.82 Å². The molecule has 0 aromatic heterocycles. The molecule has 0 atom stereocenters. The van der Waals surface area contributed by atoms with E-state index >= 15 is 0 Å². The summed E-state index contributed by atoms with van der Waals surface area (Å²) >= 11 is 0. The molecule has 156 valence electrons. The number of amides is 1. The van der Waals surface area contributed by atoms with Crippen LogP contribution in [0.25, 0.3) is 0 Å². The Morgan fingerprint density at radius 1 is 1.03 bits per heavy atom. The van der Waals surface area contributed by atoms with Crippen LogP contribution in [0.2, 0.25) is 0 Å². The molecule has 1 amide bonds. The van der Waals surface area contributed by atoms with E-state index in [2.05, 4.69) is 0 Å². The van der Waals surface area contributed by atoms with Gasteiger partial charge < -0.3 is 14.4 Å². The fraction of sp³-hybridized carbons (Fsp3) is 0.391. The molecule has 0 aliphatic rings. The van der Waals surface area contributed by atoms with Crippen molar-refractivity contribution >= 4 is 11.9 Å². The summed E-state index contributed by atoms with van der Waals surface area (Å²) in [5, 5.41) is 0. The molecule has 0 saturated heterocycles. The Kier molecular flexibility index (Phi) is 7.76. The van der Waals surface area contributed by atoms with Crippen LogP contribution >= 0.6 is 0 Å². The molecule has 0 fully saturated rings. The van der Waals surface area contributed by atoms with Crippen LogP contribution in [0.4, 0.5) is 4.39 Å². The summed E-state index contributed by atoms with van der Waals surface area (Å²) in [5.41, 5.74) is 0.730. The molecule has 0 spiro atoms. The molecule has 0 unspecified atom stereocenters. The van der Waals surface area contributed by atoms with Crippen LogP contribution in [-0.4, -0.2) is 36.0 Å². The lowest BCUT2D eigenvalue weighted by Gasteiger charge is -2.21. The van der Waals surface area contributed by atoms with Crippen molar-refractivity contribution in [2.24, 2.45) is 0 Å². The van der Waals surface area contributed by atoms with Gasteiger partial charge in [-0.2, -0.15) is 0 Å². The van der Waals surface area contributed by atoms with E-state index in [9.17, 15) is 14.0 Å². The second-order valence-corrected chi connectivity index (χ2v) is 7.83. The highest BCUT2D eigenvalue weighted by atomic mass is 19.1. The summed E-state index contributed by atoms with van der Waals surface area (Å²) in [6, 6.07) is 13.0. The van der Waals surface area contributed by atoms with Gasteiger partial charge in [0.25, 0.3) is 5.91 Å². The molecule has 2 aromatic rings. The summed E-state index contributed by atoms with van der Waals surface area (Å²) in [6.07, 6.45) is 0.757. The van der Waals surface area contributed by atoms with E-state index in [0.717, 1.165) is 5.56 Å². The van der Waals surface area contributed by atoms with Crippen LogP contribution in [0.1, 0.15) is 49.5 Å². The van der Waals surface area contributed by atoms with Crippen molar-refractivity contribution in [3.63, 3.8) is 0 Å². The number of carbonyl (C=O) groups excluding carboxylic acids is 2. The fourth-order valence-corrected chi connectivity index (χ4v) is 2.67. The van der Waals surface area contributed by atoms with E-state index in [1.165, 1.54) is 12.1 Å². The van der Waals surface area contributed by atoms with Gasteiger partial charge in [0.2, 0.25) is 0 Å². The largest absolute Gasteiger partial charge is 0.488 e. The smallest absolute Gasteiger partial charge is 0.306 e. The van der Waals surface area contributed by atoms with Crippen molar-refractivity contribution in [2.45, 2.75) is 45.8 Å². The lowest BCUT2D eigenvalue weighted by atomic mass is 10.1. The standard InChI is InChI=1S/C23H28FNO4/c1-23(2,3)29-21(26)10-7-15-25(4)22(27)19-8-5-6-9-20(19)28-16-17-11-13-18(24)14-12-17/h5-6,8-9,11-14H,7,10,15-16H2,1-4H3. The van der Waals surface area contributed by atoms with Crippen molar-refractivity contribution in [1.82, 2.24) is 4.90 Å². The maximum absolute atomic E-state index is 13.0. The molecule has 0 aliphatic carbocycles. The molecular formula is C23H28FNO4. The molecule has 29 heavy (non-hydrogen) atoms. The third-order valence-electron chi connectivity index (χ3n) is 4.07. The monoisotopic (exact) mass is 401 g/mol. The zero-order valence-electron chi connectivity index (χ0n) is 17.4. The number of benzene rings is 2. The first kappa shape index (κ1) is 22.4. The molecule has 6 heteroatoms.